The van der Waals surface area contributed by atoms with Crippen molar-refractivity contribution in [2.75, 3.05) is 41.9 Å². The summed E-state index contributed by atoms with van der Waals surface area (Å²) in [5.41, 5.74) is 5.29. The van der Waals surface area contributed by atoms with Crippen LogP contribution in [0.15, 0.2) is 23.2 Å². The van der Waals surface area contributed by atoms with Crippen LogP contribution in [0.5, 0.6) is 5.75 Å². The zero-order chi connectivity index (χ0) is 24.8. The van der Waals surface area contributed by atoms with Gasteiger partial charge in [0.25, 0.3) is 0 Å². The monoisotopic (exact) mass is 462 g/mol. The summed E-state index contributed by atoms with van der Waals surface area (Å²) in [7, 11) is 8.97. The normalized spacial score (nSPS) is 18.8. The molecule has 1 N–H and O–H groups in total. The first kappa shape index (κ1) is 26.9. The number of methoxy groups -OCH3 is 1. The number of hydrogen-bond acceptors (Lipinski definition) is 6. The topological polar surface area (TPSA) is 75.6 Å². The lowest BCUT2D eigenvalue weighted by Crippen LogP contribution is -2.43. The molecule has 0 spiro atoms. The Morgan fingerprint density at radius 1 is 1.30 bits per heavy atom. The molecular weight excluding hydrogens is 420 g/mol. The van der Waals surface area contributed by atoms with E-state index in [0.29, 0.717) is 31.4 Å². The second-order valence-corrected chi connectivity index (χ2v) is 10.0. The highest BCUT2D eigenvalue weighted by Gasteiger charge is 2.31. The van der Waals surface area contributed by atoms with Crippen LogP contribution in [0.4, 0.5) is 0 Å². The molecule has 0 radical (unpaired) electrons. The predicted octanol–water partition coefficient (Wildman–Crippen LogP) is 3.10. The Morgan fingerprint density at radius 3 is 2.61 bits per heavy atom. The van der Waals surface area contributed by atoms with Crippen LogP contribution >= 0.6 is 0 Å². The number of hydroxylamine groups is 1. The van der Waals surface area contributed by atoms with E-state index in [1.807, 2.05) is 37.0 Å². The Bertz CT molecular complexity index is 825. The number of nitrogens with zero attached hydrogens (tertiary/aromatic N) is 3. The summed E-state index contributed by atoms with van der Waals surface area (Å²) in [6.07, 6.45) is 1.59. The quantitative estimate of drug-likeness (QED) is 0.262. The summed E-state index contributed by atoms with van der Waals surface area (Å²) in [6, 6.07) is 5.94. The van der Waals surface area contributed by atoms with Gasteiger partial charge in [0.2, 0.25) is 5.96 Å². The van der Waals surface area contributed by atoms with E-state index < -0.39 is 0 Å². The van der Waals surface area contributed by atoms with E-state index in [9.17, 15) is 4.79 Å². The fraction of sp³-hybridized carbons (Fsp3) is 0.680. The number of aliphatic imine (C=N–C) groups is 1. The maximum atomic E-state index is 12.0. The number of fused-ring (bicyclic) bond motifs is 1. The summed E-state index contributed by atoms with van der Waals surface area (Å²) in [4.78, 5) is 26.0. The highest BCUT2D eigenvalue weighted by Crippen LogP contribution is 2.32. The second kappa shape index (κ2) is 11.7. The van der Waals surface area contributed by atoms with Crippen molar-refractivity contribution in [1.29, 1.82) is 0 Å². The van der Waals surface area contributed by atoms with E-state index in [4.69, 9.17) is 14.3 Å². The molecule has 1 aliphatic rings. The average molecular weight is 463 g/mol. The van der Waals surface area contributed by atoms with E-state index in [0.717, 1.165) is 12.2 Å². The minimum atomic E-state index is -0.229. The molecule has 1 aliphatic heterocycles. The van der Waals surface area contributed by atoms with Crippen LogP contribution in [0.3, 0.4) is 0 Å². The Morgan fingerprint density at radius 2 is 2.00 bits per heavy atom. The number of carbonyl (C=O) groups is 1. The molecule has 3 unspecified atom stereocenters. The van der Waals surface area contributed by atoms with Gasteiger partial charge in [0.05, 0.1) is 19.8 Å². The molecule has 0 saturated heterocycles. The maximum Gasteiger partial charge on any atom is 0.323 e. The van der Waals surface area contributed by atoms with Crippen molar-refractivity contribution in [3.8, 4) is 5.75 Å². The minimum Gasteiger partial charge on any atom is -0.493 e. The number of esters is 1. The van der Waals surface area contributed by atoms with E-state index in [-0.39, 0.29) is 23.5 Å². The van der Waals surface area contributed by atoms with Crippen molar-refractivity contribution in [2.24, 2.45) is 16.3 Å². The van der Waals surface area contributed by atoms with Crippen molar-refractivity contribution in [3.05, 3.63) is 29.3 Å². The van der Waals surface area contributed by atoms with Crippen LogP contribution in [-0.2, 0) is 27.3 Å². The largest absolute Gasteiger partial charge is 0.493 e. The lowest BCUT2D eigenvalue weighted by Gasteiger charge is -2.34. The van der Waals surface area contributed by atoms with Gasteiger partial charge in [0.1, 0.15) is 11.8 Å². The number of likely N-dealkylation sites (N-methyl/N-ethyl adjacent to an activating group) is 1. The molecule has 33 heavy (non-hydrogen) atoms. The predicted molar refractivity (Wildman–Crippen MR) is 131 cm³/mol. The molecule has 0 amide bonds. The van der Waals surface area contributed by atoms with Crippen LogP contribution < -0.4 is 10.2 Å². The average Bonchev–Trinajstić information content (AvgIpc) is 2.76. The summed E-state index contributed by atoms with van der Waals surface area (Å²) in [6.45, 7) is 10.0. The summed E-state index contributed by atoms with van der Waals surface area (Å²) < 4.78 is 11.1. The third-order valence-corrected chi connectivity index (χ3v) is 6.49. The third-order valence-electron chi connectivity index (χ3n) is 6.49. The van der Waals surface area contributed by atoms with Crippen molar-refractivity contribution < 1.29 is 19.1 Å². The number of ether oxygens (including phenoxy) is 2. The Labute approximate surface area is 199 Å². The molecule has 1 heterocycles. The van der Waals surface area contributed by atoms with Gasteiger partial charge in [-0.15, -0.1) is 0 Å². The molecule has 0 saturated carbocycles. The summed E-state index contributed by atoms with van der Waals surface area (Å²) in [5.74, 6) is 1.71. The van der Waals surface area contributed by atoms with Crippen LogP contribution in [0.1, 0.15) is 45.2 Å². The van der Waals surface area contributed by atoms with Gasteiger partial charge in [0, 0.05) is 27.7 Å². The van der Waals surface area contributed by atoms with Crippen LogP contribution in [0, 0.1) is 11.3 Å². The molecule has 3 atom stereocenters. The first-order valence-corrected chi connectivity index (χ1v) is 11.6. The SMILES string of the molecule is CN=C(NOC(C)C(C)(C)CC(C)COc1ccc2c(c1)CN(C)C(C(=O)OC)C2)N(C)C. The Kier molecular flexibility index (Phi) is 9.55. The van der Waals surface area contributed by atoms with E-state index in [1.54, 1.807) is 7.05 Å². The molecule has 1 aromatic rings. The summed E-state index contributed by atoms with van der Waals surface area (Å²) >= 11 is 0. The van der Waals surface area contributed by atoms with Crippen molar-refractivity contribution in [1.82, 2.24) is 15.3 Å². The number of benzene rings is 1. The van der Waals surface area contributed by atoms with Gasteiger partial charge in [-0.3, -0.25) is 19.5 Å². The van der Waals surface area contributed by atoms with E-state index >= 15 is 0 Å². The smallest absolute Gasteiger partial charge is 0.323 e. The Hall–Kier alpha value is -2.32. The number of rotatable bonds is 9. The van der Waals surface area contributed by atoms with Gasteiger partial charge in [-0.2, -0.15) is 0 Å². The number of nitrogens with one attached hydrogen (secondary N) is 1. The molecule has 1 aromatic carbocycles. The van der Waals surface area contributed by atoms with Crippen LogP contribution in [-0.4, -0.2) is 75.8 Å². The first-order valence-electron chi connectivity index (χ1n) is 11.6. The van der Waals surface area contributed by atoms with Gasteiger partial charge in [-0.05, 0) is 61.4 Å². The van der Waals surface area contributed by atoms with Crippen LogP contribution in [0.25, 0.3) is 0 Å². The Balaban J connectivity index is 1.89. The molecule has 8 nitrogen and oxygen atoms in total. The second-order valence-electron chi connectivity index (χ2n) is 10.0. The third kappa shape index (κ3) is 7.33. The zero-order valence-electron chi connectivity index (χ0n) is 21.8. The number of guanidine groups is 1. The van der Waals surface area contributed by atoms with E-state index in [2.05, 4.69) is 50.3 Å². The lowest BCUT2D eigenvalue weighted by atomic mass is 9.79. The standard InChI is InChI=1S/C25H42N4O4/c1-17(14-25(3,4)18(2)33-27-24(26-5)28(6)7)16-32-21-11-10-19-13-22(23(30)31-9)29(8)15-20(19)12-21/h10-12,17-18,22H,13-16H2,1-9H3,(H,26,27). The fourth-order valence-electron chi connectivity index (χ4n) is 4.18. The first-order chi connectivity index (χ1) is 15.5. The van der Waals surface area contributed by atoms with Gasteiger partial charge in [-0.1, -0.05) is 26.8 Å². The zero-order valence-corrected chi connectivity index (χ0v) is 21.8. The molecule has 8 heteroatoms. The van der Waals surface area contributed by atoms with Gasteiger partial charge >= 0.3 is 5.97 Å². The molecule has 0 fully saturated rings. The van der Waals surface area contributed by atoms with Gasteiger partial charge < -0.3 is 14.4 Å². The molecular formula is C25H42N4O4. The maximum absolute atomic E-state index is 12.0. The van der Waals surface area contributed by atoms with Crippen molar-refractivity contribution in [2.45, 2.75) is 59.2 Å². The van der Waals surface area contributed by atoms with Gasteiger partial charge in [0.15, 0.2) is 0 Å². The molecule has 0 bridgehead atoms. The highest BCUT2D eigenvalue weighted by atomic mass is 16.7. The van der Waals surface area contributed by atoms with Crippen LogP contribution in [0.2, 0.25) is 0 Å². The number of carbonyl (C=O) groups excluding carboxylic acids is 1. The fourth-order valence-corrected chi connectivity index (χ4v) is 4.18. The van der Waals surface area contributed by atoms with Crippen molar-refractivity contribution in [3.63, 3.8) is 0 Å². The van der Waals surface area contributed by atoms with Gasteiger partial charge in [-0.25, -0.2) is 5.48 Å². The molecule has 0 aromatic heterocycles. The lowest BCUT2D eigenvalue weighted by molar-refractivity contribution is -0.147. The highest BCUT2D eigenvalue weighted by molar-refractivity contribution is 5.78. The molecule has 0 aliphatic carbocycles. The van der Waals surface area contributed by atoms with E-state index in [1.165, 1.54) is 18.2 Å². The van der Waals surface area contributed by atoms with Crippen molar-refractivity contribution >= 4 is 11.9 Å². The summed E-state index contributed by atoms with van der Waals surface area (Å²) in [5, 5.41) is 0. The molecule has 186 valence electrons. The minimum absolute atomic E-state index is 0.0151. The molecule has 2 rings (SSSR count). The number of hydrogen-bond donors (Lipinski definition) is 1.